The monoisotopic (exact) mass is 215 g/mol. The van der Waals surface area contributed by atoms with Gasteiger partial charge in [-0.3, -0.25) is 0 Å². The van der Waals surface area contributed by atoms with E-state index in [1.165, 1.54) is 6.42 Å². The second kappa shape index (κ2) is 5.86. The van der Waals surface area contributed by atoms with Crippen LogP contribution in [0.3, 0.4) is 0 Å². The van der Waals surface area contributed by atoms with E-state index in [-0.39, 0.29) is 11.5 Å². The number of nitrogens with zero attached hydrogens (tertiary/aromatic N) is 1. The normalized spacial score (nSPS) is 17.2. The van der Waals surface area contributed by atoms with E-state index in [0.29, 0.717) is 6.04 Å². The van der Waals surface area contributed by atoms with Crippen LogP contribution in [0, 0.1) is 11.3 Å². The molecule has 0 fully saturated rings. The first-order valence-corrected chi connectivity index (χ1v) is 6.05. The molecule has 2 unspecified atom stereocenters. The lowest BCUT2D eigenvalue weighted by Crippen LogP contribution is -2.42. The SMILES string of the molecule is CC(C)CC(C)N(C)CC(C)(C)C(C)O. The van der Waals surface area contributed by atoms with Crippen LogP contribution in [0.25, 0.3) is 0 Å². The summed E-state index contributed by atoms with van der Waals surface area (Å²) in [5.41, 5.74) is -0.0278. The lowest BCUT2D eigenvalue weighted by Gasteiger charge is -2.36. The van der Waals surface area contributed by atoms with E-state index in [9.17, 15) is 5.11 Å². The van der Waals surface area contributed by atoms with E-state index in [1.54, 1.807) is 0 Å². The van der Waals surface area contributed by atoms with Gasteiger partial charge in [0.25, 0.3) is 0 Å². The minimum atomic E-state index is -0.258. The predicted octanol–water partition coefficient (Wildman–Crippen LogP) is 2.76. The molecular formula is C13H29NO. The van der Waals surface area contributed by atoms with Gasteiger partial charge in [-0.2, -0.15) is 0 Å². The molecule has 0 rings (SSSR count). The largest absolute Gasteiger partial charge is 0.393 e. The highest BCUT2D eigenvalue weighted by molar-refractivity contribution is 4.79. The number of hydrogen-bond acceptors (Lipinski definition) is 2. The molecule has 0 aromatic heterocycles. The average molecular weight is 215 g/mol. The fourth-order valence-corrected chi connectivity index (χ4v) is 1.79. The van der Waals surface area contributed by atoms with E-state index in [0.717, 1.165) is 12.5 Å². The van der Waals surface area contributed by atoms with Crippen LogP contribution in [0.1, 0.15) is 48.0 Å². The van der Waals surface area contributed by atoms with E-state index in [2.05, 4.69) is 46.6 Å². The smallest absolute Gasteiger partial charge is 0.0575 e. The van der Waals surface area contributed by atoms with E-state index >= 15 is 0 Å². The number of aliphatic hydroxyl groups is 1. The Morgan fingerprint density at radius 3 is 1.93 bits per heavy atom. The van der Waals surface area contributed by atoms with Crippen LogP contribution in [-0.4, -0.2) is 35.7 Å². The number of rotatable bonds is 6. The topological polar surface area (TPSA) is 23.5 Å². The molecule has 0 aliphatic rings. The molecule has 1 N–H and O–H groups in total. The molecule has 15 heavy (non-hydrogen) atoms. The van der Waals surface area contributed by atoms with Gasteiger partial charge in [-0.1, -0.05) is 27.7 Å². The summed E-state index contributed by atoms with van der Waals surface area (Å²) in [7, 11) is 2.15. The Kier molecular flexibility index (Phi) is 5.82. The molecule has 0 amide bonds. The van der Waals surface area contributed by atoms with Crippen molar-refractivity contribution in [3.8, 4) is 0 Å². The van der Waals surface area contributed by atoms with Gasteiger partial charge >= 0.3 is 0 Å². The molecule has 0 saturated heterocycles. The van der Waals surface area contributed by atoms with Crippen LogP contribution >= 0.6 is 0 Å². The molecule has 0 bridgehead atoms. The molecule has 0 radical (unpaired) electrons. The Hall–Kier alpha value is -0.0800. The molecule has 0 aliphatic heterocycles. The molecule has 2 heteroatoms. The van der Waals surface area contributed by atoms with Gasteiger partial charge in [0, 0.05) is 18.0 Å². The fraction of sp³-hybridized carbons (Fsp3) is 1.00. The van der Waals surface area contributed by atoms with Crippen LogP contribution in [0.15, 0.2) is 0 Å². The molecule has 2 atom stereocenters. The van der Waals surface area contributed by atoms with Crippen molar-refractivity contribution < 1.29 is 5.11 Å². The zero-order valence-corrected chi connectivity index (χ0v) is 11.5. The highest BCUT2D eigenvalue weighted by Gasteiger charge is 2.27. The quantitative estimate of drug-likeness (QED) is 0.736. The average Bonchev–Trinajstić information content (AvgIpc) is 2.01. The third kappa shape index (κ3) is 5.53. The van der Waals surface area contributed by atoms with Gasteiger partial charge in [-0.05, 0) is 33.2 Å². The first-order valence-electron chi connectivity index (χ1n) is 6.05. The summed E-state index contributed by atoms with van der Waals surface area (Å²) in [5.74, 6) is 0.733. The molecule has 0 aliphatic carbocycles. The Labute approximate surface area is 95.7 Å². The molecule has 0 aromatic carbocycles. The Morgan fingerprint density at radius 1 is 1.13 bits per heavy atom. The Balaban J connectivity index is 4.17. The highest BCUT2D eigenvalue weighted by atomic mass is 16.3. The first kappa shape index (κ1) is 14.9. The minimum Gasteiger partial charge on any atom is -0.393 e. The summed E-state index contributed by atoms with van der Waals surface area (Å²) >= 11 is 0. The van der Waals surface area contributed by atoms with Crippen molar-refractivity contribution in [3.63, 3.8) is 0 Å². The van der Waals surface area contributed by atoms with Gasteiger partial charge in [0.05, 0.1) is 6.10 Å². The summed E-state index contributed by atoms with van der Waals surface area (Å²) in [6.45, 7) is 13.8. The maximum atomic E-state index is 9.67. The first-order chi connectivity index (χ1) is 6.66. The van der Waals surface area contributed by atoms with E-state index < -0.39 is 0 Å². The van der Waals surface area contributed by atoms with Crippen LogP contribution in [0.4, 0.5) is 0 Å². The number of aliphatic hydroxyl groups excluding tert-OH is 1. The van der Waals surface area contributed by atoms with Crippen molar-refractivity contribution in [1.29, 1.82) is 0 Å². The second-order valence-corrected chi connectivity index (χ2v) is 6.06. The van der Waals surface area contributed by atoms with Crippen molar-refractivity contribution >= 4 is 0 Å². The molecule has 0 aromatic rings. The Bertz CT molecular complexity index is 175. The Morgan fingerprint density at radius 2 is 1.60 bits per heavy atom. The lowest BCUT2D eigenvalue weighted by molar-refractivity contribution is 0.0302. The van der Waals surface area contributed by atoms with Crippen LogP contribution < -0.4 is 0 Å². The summed E-state index contributed by atoms with van der Waals surface area (Å²) in [6, 6.07) is 0.586. The van der Waals surface area contributed by atoms with Gasteiger partial charge < -0.3 is 10.0 Å². The van der Waals surface area contributed by atoms with Gasteiger partial charge in [0.2, 0.25) is 0 Å². The third-order valence-electron chi connectivity index (χ3n) is 3.35. The molecule has 92 valence electrons. The van der Waals surface area contributed by atoms with Gasteiger partial charge in [0.1, 0.15) is 0 Å². The summed E-state index contributed by atoms with van der Waals surface area (Å²) in [6.07, 6.45) is 0.957. The van der Waals surface area contributed by atoms with Crippen LogP contribution in [0.5, 0.6) is 0 Å². The zero-order valence-electron chi connectivity index (χ0n) is 11.5. The maximum Gasteiger partial charge on any atom is 0.0575 e. The van der Waals surface area contributed by atoms with Crippen LogP contribution in [-0.2, 0) is 0 Å². The third-order valence-corrected chi connectivity index (χ3v) is 3.35. The maximum absolute atomic E-state index is 9.67. The van der Waals surface area contributed by atoms with E-state index in [4.69, 9.17) is 0 Å². The highest BCUT2D eigenvalue weighted by Crippen LogP contribution is 2.23. The fourth-order valence-electron chi connectivity index (χ4n) is 1.79. The number of hydrogen-bond donors (Lipinski definition) is 1. The van der Waals surface area contributed by atoms with E-state index in [1.807, 2.05) is 6.92 Å². The molecular weight excluding hydrogens is 186 g/mol. The summed E-state index contributed by atoms with van der Waals surface area (Å²) in [4.78, 5) is 2.35. The predicted molar refractivity (Wildman–Crippen MR) is 67.0 cm³/mol. The lowest BCUT2D eigenvalue weighted by atomic mass is 9.86. The van der Waals surface area contributed by atoms with Crippen molar-refractivity contribution in [3.05, 3.63) is 0 Å². The van der Waals surface area contributed by atoms with Crippen molar-refractivity contribution in [1.82, 2.24) is 4.90 Å². The summed E-state index contributed by atoms with van der Waals surface area (Å²) in [5, 5.41) is 9.67. The zero-order chi connectivity index (χ0) is 12.2. The summed E-state index contributed by atoms with van der Waals surface area (Å²) < 4.78 is 0. The van der Waals surface area contributed by atoms with Crippen molar-refractivity contribution in [2.24, 2.45) is 11.3 Å². The van der Waals surface area contributed by atoms with Crippen molar-refractivity contribution in [2.45, 2.75) is 60.1 Å². The van der Waals surface area contributed by atoms with Gasteiger partial charge in [-0.15, -0.1) is 0 Å². The minimum absolute atomic E-state index is 0.0278. The van der Waals surface area contributed by atoms with Gasteiger partial charge in [-0.25, -0.2) is 0 Å². The van der Waals surface area contributed by atoms with Crippen LogP contribution in [0.2, 0.25) is 0 Å². The molecule has 0 saturated carbocycles. The van der Waals surface area contributed by atoms with Crippen molar-refractivity contribution in [2.75, 3.05) is 13.6 Å². The van der Waals surface area contributed by atoms with Gasteiger partial charge in [0.15, 0.2) is 0 Å². The standard InChI is InChI=1S/C13H29NO/c1-10(2)8-11(3)14(7)9-13(5,6)12(4)15/h10-12,15H,8-9H2,1-7H3. The molecule has 2 nitrogen and oxygen atoms in total. The second-order valence-electron chi connectivity index (χ2n) is 6.06. The molecule has 0 spiro atoms. The molecule has 0 heterocycles.